The molecule has 0 aliphatic carbocycles. The number of aromatic nitrogens is 5. The number of aromatic amines is 1. The first kappa shape index (κ1) is 6.58. The monoisotopic (exact) mass is 166 g/mol. The maximum absolute atomic E-state index is 10.2. The minimum absolute atomic E-state index is 0.191. The average Bonchev–Trinajstić information content (AvgIpc) is 2.46. The van der Waals surface area contributed by atoms with E-state index in [4.69, 9.17) is 0 Å². The Morgan fingerprint density at radius 1 is 1.58 bits per heavy atom. The Labute approximate surface area is 64.8 Å². The first-order chi connectivity index (χ1) is 5.77. The number of rotatable bonds is 1. The normalized spacial score (nSPS) is 10.3. The van der Waals surface area contributed by atoms with Crippen molar-refractivity contribution in [2.75, 3.05) is 0 Å². The summed E-state index contributed by atoms with van der Waals surface area (Å²) in [6.07, 6.45) is 1.32. The van der Waals surface area contributed by atoms with Gasteiger partial charge in [-0.3, -0.25) is 0 Å². The second-order valence-electron chi connectivity index (χ2n) is 1.99. The predicted octanol–water partition coefficient (Wildman–Crippen LogP) is -0.344. The highest BCUT2D eigenvalue weighted by Gasteiger charge is 2.13. The van der Waals surface area contributed by atoms with Gasteiger partial charge < -0.3 is 10.1 Å². The number of hydrogen-bond donors (Lipinski definition) is 1. The molecule has 0 aliphatic rings. The molecule has 0 saturated heterocycles. The molecule has 0 atom stereocenters. The summed E-state index contributed by atoms with van der Waals surface area (Å²) in [5, 5.41) is 20.4. The van der Waals surface area contributed by atoms with Crippen molar-refractivity contribution in [2.24, 2.45) is 0 Å². The third-order valence-corrected chi connectivity index (χ3v) is 1.25. The molecule has 0 unspecified atom stereocenters. The van der Waals surface area contributed by atoms with Crippen LogP contribution >= 0.6 is 0 Å². The van der Waals surface area contributed by atoms with Crippen LogP contribution in [0.25, 0.3) is 11.2 Å². The molecule has 2 aromatic heterocycles. The van der Waals surface area contributed by atoms with Crippen molar-refractivity contribution in [2.45, 2.75) is 0 Å². The van der Waals surface area contributed by atoms with Crippen LogP contribution < -0.4 is 0 Å². The fourth-order valence-electron chi connectivity index (χ4n) is 0.769. The van der Waals surface area contributed by atoms with Gasteiger partial charge in [0.05, 0.1) is 6.20 Å². The highest BCUT2D eigenvalue weighted by Crippen LogP contribution is 2.10. The van der Waals surface area contributed by atoms with Gasteiger partial charge in [-0.05, 0) is 15.1 Å². The predicted molar refractivity (Wildman–Crippen MR) is 36.1 cm³/mol. The van der Waals surface area contributed by atoms with Crippen molar-refractivity contribution in [1.82, 2.24) is 25.4 Å². The molecule has 0 aromatic carbocycles. The van der Waals surface area contributed by atoms with Crippen molar-refractivity contribution >= 4 is 17.1 Å². The molecule has 2 aromatic rings. The molecule has 12 heavy (non-hydrogen) atoms. The van der Waals surface area contributed by atoms with E-state index in [1.54, 1.807) is 0 Å². The van der Waals surface area contributed by atoms with Gasteiger partial charge in [-0.2, -0.15) is 0 Å². The van der Waals surface area contributed by atoms with Crippen LogP contribution in [-0.2, 0) is 0 Å². The third kappa shape index (κ3) is 0.856. The Morgan fingerprint density at radius 2 is 2.42 bits per heavy atom. The van der Waals surface area contributed by atoms with E-state index in [0.717, 1.165) is 0 Å². The lowest BCUT2D eigenvalue weighted by Gasteiger charge is -1.84. The number of nitrogens with zero attached hydrogens (tertiary/aromatic N) is 5. The van der Waals surface area contributed by atoms with Crippen LogP contribution in [0.1, 0.15) is 0 Å². The van der Waals surface area contributed by atoms with E-state index in [1.165, 1.54) is 6.20 Å². The van der Waals surface area contributed by atoms with Crippen molar-refractivity contribution in [1.29, 1.82) is 0 Å². The van der Waals surface area contributed by atoms with Crippen molar-refractivity contribution < 1.29 is 4.92 Å². The van der Waals surface area contributed by atoms with Crippen LogP contribution in [-0.4, -0.2) is 30.3 Å². The molecule has 60 valence electrons. The Morgan fingerprint density at radius 3 is 3.08 bits per heavy atom. The largest absolute Gasteiger partial charge is 0.435 e. The lowest BCUT2D eigenvalue weighted by molar-refractivity contribution is -0.393. The highest BCUT2D eigenvalue weighted by atomic mass is 16.6. The third-order valence-electron chi connectivity index (χ3n) is 1.25. The fourth-order valence-corrected chi connectivity index (χ4v) is 0.769. The van der Waals surface area contributed by atoms with Crippen molar-refractivity contribution in [3.63, 3.8) is 0 Å². The number of fused-ring (bicyclic) bond motifs is 1. The minimum atomic E-state index is -0.637. The summed E-state index contributed by atoms with van der Waals surface area (Å²) in [6.45, 7) is 0. The number of imidazole rings is 1. The number of hydrogen-bond acceptors (Lipinski definition) is 6. The molecule has 2 rings (SSSR count). The summed E-state index contributed by atoms with van der Waals surface area (Å²) in [5.41, 5.74) is 0.591. The van der Waals surface area contributed by atoms with Crippen LogP contribution in [0.15, 0.2) is 6.20 Å². The molecular weight excluding hydrogens is 164 g/mol. The molecule has 0 fully saturated rings. The SMILES string of the molecule is O=[N+]([O-])c1nc2nnncc2[nH]1. The molecule has 0 saturated carbocycles. The van der Waals surface area contributed by atoms with E-state index in [0.29, 0.717) is 5.52 Å². The van der Waals surface area contributed by atoms with Gasteiger partial charge in [-0.25, -0.2) is 4.98 Å². The zero-order valence-corrected chi connectivity index (χ0v) is 5.63. The minimum Gasteiger partial charge on any atom is -0.390 e. The van der Waals surface area contributed by atoms with Crippen molar-refractivity contribution in [3.05, 3.63) is 16.3 Å². The van der Waals surface area contributed by atoms with Crippen LogP contribution in [0.4, 0.5) is 5.95 Å². The highest BCUT2D eigenvalue weighted by molar-refractivity contribution is 5.69. The van der Waals surface area contributed by atoms with E-state index in [9.17, 15) is 10.1 Å². The zero-order valence-electron chi connectivity index (χ0n) is 5.63. The second-order valence-corrected chi connectivity index (χ2v) is 1.99. The first-order valence-electron chi connectivity index (χ1n) is 2.96. The molecule has 0 amide bonds. The quantitative estimate of drug-likeness (QED) is 0.458. The van der Waals surface area contributed by atoms with Gasteiger partial charge in [-0.1, -0.05) is 5.10 Å². The first-order valence-corrected chi connectivity index (χ1v) is 2.96. The van der Waals surface area contributed by atoms with Gasteiger partial charge in [0.2, 0.25) is 0 Å². The smallest absolute Gasteiger partial charge is 0.390 e. The molecule has 2 heterocycles. The molecule has 1 N–H and O–H groups in total. The van der Waals surface area contributed by atoms with Gasteiger partial charge in [0, 0.05) is 0 Å². The van der Waals surface area contributed by atoms with Crippen LogP contribution in [0, 0.1) is 10.1 Å². The fraction of sp³-hybridized carbons (Fsp3) is 0. The van der Waals surface area contributed by atoms with Crippen LogP contribution in [0.3, 0.4) is 0 Å². The van der Waals surface area contributed by atoms with E-state index < -0.39 is 4.92 Å². The number of nitro groups is 1. The van der Waals surface area contributed by atoms with E-state index in [-0.39, 0.29) is 11.6 Å². The standard InChI is InChI=1S/C4H2N6O2/c11-10(12)4-6-2-1-5-9-8-3(2)7-4/h1H,(H,5,6,7,8). The Hall–Kier alpha value is -2.12. The zero-order chi connectivity index (χ0) is 8.55. The summed E-state index contributed by atoms with van der Waals surface area (Å²) in [6, 6.07) is 0. The Kier molecular flexibility index (Phi) is 1.20. The molecule has 0 bridgehead atoms. The van der Waals surface area contributed by atoms with Crippen LogP contribution in [0.5, 0.6) is 0 Å². The molecule has 0 aliphatic heterocycles. The summed E-state index contributed by atoms with van der Waals surface area (Å²) in [7, 11) is 0. The summed E-state index contributed by atoms with van der Waals surface area (Å²) >= 11 is 0. The molecule has 8 nitrogen and oxygen atoms in total. The molecule has 8 heteroatoms. The number of nitrogens with one attached hydrogen (secondary N) is 1. The molecule has 0 spiro atoms. The van der Waals surface area contributed by atoms with E-state index >= 15 is 0 Å². The van der Waals surface area contributed by atoms with Gasteiger partial charge in [-0.15, -0.1) is 5.10 Å². The van der Waals surface area contributed by atoms with Gasteiger partial charge in [0.25, 0.3) is 5.65 Å². The maximum atomic E-state index is 10.2. The van der Waals surface area contributed by atoms with Crippen molar-refractivity contribution in [3.8, 4) is 0 Å². The molecular formula is C4H2N6O2. The Balaban J connectivity index is 2.70. The lowest BCUT2D eigenvalue weighted by Crippen LogP contribution is -1.88. The van der Waals surface area contributed by atoms with Gasteiger partial charge >= 0.3 is 5.95 Å². The van der Waals surface area contributed by atoms with E-state index in [1.807, 2.05) is 0 Å². The summed E-state index contributed by atoms with van der Waals surface area (Å²) < 4.78 is 0. The topological polar surface area (TPSA) is 110 Å². The second kappa shape index (κ2) is 2.19. The van der Waals surface area contributed by atoms with Gasteiger partial charge in [0.1, 0.15) is 0 Å². The Bertz CT molecular complexity index is 403. The average molecular weight is 166 g/mol. The molecule has 0 radical (unpaired) electrons. The number of H-pyrrole nitrogens is 1. The lowest BCUT2D eigenvalue weighted by atomic mass is 10.6. The summed E-state index contributed by atoms with van der Waals surface area (Å²) in [4.78, 5) is 15.5. The van der Waals surface area contributed by atoms with Crippen LogP contribution in [0.2, 0.25) is 0 Å². The summed E-state index contributed by atoms with van der Waals surface area (Å²) in [5.74, 6) is -0.354. The van der Waals surface area contributed by atoms with E-state index in [2.05, 4.69) is 25.4 Å². The maximum Gasteiger partial charge on any atom is 0.435 e. The van der Waals surface area contributed by atoms with Gasteiger partial charge in [0.15, 0.2) is 5.52 Å².